The van der Waals surface area contributed by atoms with Crippen LogP contribution in [0, 0.1) is 29.6 Å². The lowest BCUT2D eigenvalue weighted by atomic mass is 9.69. The maximum absolute atomic E-state index is 12.8. The third kappa shape index (κ3) is 5.91. The van der Waals surface area contributed by atoms with E-state index in [1.807, 2.05) is 25.4 Å². The van der Waals surface area contributed by atoms with Gasteiger partial charge in [0, 0.05) is 44.9 Å². The van der Waals surface area contributed by atoms with E-state index < -0.39 is 0 Å². The Hall–Kier alpha value is -2.17. The minimum absolute atomic E-state index is 0.176. The Balaban J connectivity index is 1.59. The highest BCUT2D eigenvalue weighted by Gasteiger charge is 2.34. The highest BCUT2D eigenvalue weighted by atomic mass is 16.2. The van der Waals surface area contributed by atoms with Crippen LogP contribution in [0.25, 0.3) is 0 Å². The van der Waals surface area contributed by atoms with Crippen LogP contribution in [0.1, 0.15) is 52.0 Å². The maximum Gasteiger partial charge on any atom is 0.223 e. The van der Waals surface area contributed by atoms with E-state index in [2.05, 4.69) is 37.1 Å². The molecule has 5 nitrogen and oxygen atoms in total. The Bertz CT molecular complexity index is 740. The zero-order valence-corrected chi connectivity index (χ0v) is 18.2. The molecule has 2 aliphatic carbocycles. The molecule has 1 heterocycles. The first-order valence-corrected chi connectivity index (χ1v) is 10.9. The summed E-state index contributed by atoms with van der Waals surface area (Å²) in [6.07, 6.45) is 9.51. The molecule has 1 aromatic rings. The summed E-state index contributed by atoms with van der Waals surface area (Å²) >= 11 is 0. The van der Waals surface area contributed by atoms with Crippen LogP contribution in [0.4, 0.5) is 0 Å². The smallest absolute Gasteiger partial charge is 0.223 e. The summed E-state index contributed by atoms with van der Waals surface area (Å²) in [6, 6.07) is 3.90. The summed E-state index contributed by atoms with van der Waals surface area (Å²) in [5, 5.41) is 3.16. The number of nitrogens with one attached hydrogen (secondary N) is 1. The number of allylic oxidation sites excluding steroid dienone is 1. The Kier molecular flexibility index (Phi) is 7.09. The summed E-state index contributed by atoms with van der Waals surface area (Å²) in [5.41, 5.74) is 2.33. The highest BCUT2D eigenvalue weighted by Crippen LogP contribution is 2.39. The Morgan fingerprint density at radius 2 is 2.07 bits per heavy atom. The first-order chi connectivity index (χ1) is 13.8. The fourth-order valence-electron chi connectivity index (χ4n) is 4.44. The van der Waals surface area contributed by atoms with Gasteiger partial charge >= 0.3 is 0 Å². The number of nitrogens with zero attached hydrogens (tertiary/aromatic N) is 2. The van der Waals surface area contributed by atoms with Gasteiger partial charge in [-0.05, 0) is 61.5 Å². The second-order valence-electron chi connectivity index (χ2n) is 9.25. The fourth-order valence-corrected chi connectivity index (χ4v) is 4.44. The molecule has 0 radical (unpaired) electrons. The van der Waals surface area contributed by atoms with E-state index in [0.29, 0.717) is 30.7 Å². The van der Waals surface area contributed by atoms with Gasteiger partial charge < -0.3 is 10.2 Å². The van der Waals surface area contributed by atoms with Crippen molar-refractivity contribution < 1.29 is 9.59 Å². The van der Waals surface area contributed by atoms with Gasteiger partial charge in [-0.15, -0.1) is 0 Å². The molecule has 158 valence electrons. The van der Waals surface area contributed by atoms with E-state index in [4.69, 9.17) is 0 Å². The van der Waals surface area contributed by atoms with E-state index in [1.54, 1.807) is 11.1 Å². The van der Waals surface area contributed by atoms with Crippen molar-refractivity contribution in [3.8, 4) is 0 Å². The zero-order valence-electron chi connectivity index (χ0n) is 18.2. The summed E-state index contributed by atoms with van der Waals surface area (Å²) in [7, 11) is 1.87. The minimum Gasteiger partial charge on any atom is -0.355 e. The van der Waals surface area contributed by atoms with E-state index in [-0.39, 0.29) is 23.7 Å². The van der Waals surface area contributed by atoms with Gasteiger partial charge in [0.2, 0.25) is 11.8 Å². The Morgan fingerprint density at radius 1 is 1.31 bits per heavy atom. The minimum atomic E-state index is 0.176. The van der Waals surface area contributed by atoms with E-state index in [1.165, 1.54) is 5.57 Å². The van der Waals surface area contributed by atoms with Crippen LogP contribution in [0.5, 0.6) is 0 Å². The van der Waals surface area contributed by atoms with Gasteiger partial charge in [-0.3, -0.25) is 14.6 Å². The van der Waals surface area contributed by atoms with Crippen molar-refractivity contribution in [3.63, 3.8) is 0 Å². The number of amides is 2. The lowest BCUT2D eigenvalue weighted by Gasteiger charge is -2.37. The highest BCUT2D eigenvalue weighted by molar-refractivity contribution is 5.80. The maximum atomic E-state index is 12.8. The molecule has 3 unspecified atom stereocenters. The van der Waals surface area contributed by atoms with E-state index in [0.717, 1.165) is 31.4 Å². The average Bonchev–Trinajstić information content (AvgIpc) is 3.53. The largest absolute Gasteiger partial charge is 0.355 e. The zero-order chi connectivity index (χ0) is 21.0. The van der Waals surface area contributed by atoms with Gasteiger partial charge in [-0.1, -0.05) is 31.6 Å². The van der Waals surface area contributed by atoms with Crippen molar-refractivity contribution in [1.29, 1.82) is 0 Å². The topological polar surface area (TPSA) is 62.3 Å². The SMILES string of the molecule is CC1=CC(CNC(=O)C2CC2)C(C(C)C)CC1CC(=O)N(C)Cc1cccnc1. The third-order valence-corrected chi connectivity index (χ3v) is 6.53. The third-order valence-electron chi connectivity index (χ3n) is 6.53. The monoisotopic (exact) mass is 397 g/mol. The molecule has 2 aliphatic rings. The standard InChI is InChI=1S/C24H35N3O2/c1-16(2)22-11-20(12-23(28)27(4)15-18-6-5-9-25-13-18)17(3)10-21(22)14-26-24(29)19-7-8-19/h5-6,9-10,13,16,19-22H,7-8,11-12,14-15H2,1-4H3,(H,26,29). The molecule has 0 saturated heterocycles. The van der Waals surface area contributed by atoms with Gasteiger partial charge in [-0.25, -0.2) is 0 Å². The molecular formula is C24H35N3O2. The molecule has 1 aromatic heterocycles. The molecule has 3 atom stereocenters. The van der Waals surface area contributed by atoms with Crippen molar-refractivity contribution in [2.75, 3.05) is 13.6 Å². The van der Waals surface area contributed by atoms with Crippen molar-refractivity contribution in [3.05, 3.63) is 41.7 Å². The molecule has 0 aliphatic heterocycles. The number of pyridine rings is 1. The van der Waals surface area contributed by atoms with E-state index >= 15 is 0 Å². The predicted molar refractivity (Wildman–Crippen MR) is 115 cm³/mol. The van der Waals surface area contributed by atoms with Crippen LogP contribution in [-0.4, -0.2) is 35.3 Å². The fraction of sp³-hybridized carbons (Fsp3) is 0.625. The lowest BCUT2D eigenvalue weighted by Crippen LogP contribution is -2.38. The summed E-state index contributed by atoms with van der Waals surface area (Å²) < 4.78 is 0. The van der Waals surface area contributed by atoms with Crippen LogP contribution < -0.4 is 5.32 Å². The predicted octanol–water partition coefficient (Wildman–Crippen LogP) is 3.81. The second-order valence-corrected chi connectivity index (χ2v) is 9.25. The molecule has 1 saturated carbocycles. The first kappa shape index (κ1) is 21.5. The van der Waals surface area contributed by atoms with E-state index in [9.17, 15) is 9.59 Å². The van der Waals surface area contributed by atoms with Crippen molar-refractivity contribution in [2.45, 2.75) is 53.0 Å². The first-order valence-electron chi connectivity index (χ1n) is 10.9. The van der Waals surface area contributed by atoms with Gasteiger partial charge in [0.25, 0.3) is 0 Å². The Labute approximate surface area is 175 Å². The molecule has 1 N–H and O–H groups in total. The second kappa shape index (κ2) is 9.55. The lowest BCUT2D eigenvalue weighted by molar-refractivity contribution is -0.131. The number of carbonyl (C=O) groups is 2. The molecule has 5 heteroatoms. The van der Waals surface area contributed by atoms with Crippen LogP contribution in [-0.2, 0) is 16.1 Å². The average molecular weight is 398 g/mol. The number of hydrogen-bond donors (Lipinski definition) is 1. The van der Waals surface area contributed by atoms with Crippen LogP contribution in [0.3, 0.4) is 0 Å². The molecule has 29 heavy (non-hydrogen) atoms. The van der Waals surface area contributed by atoms with Crippen LogP contribution >= 0.6 is 0 Å². The molecular weight excluding hydrogens is 362 g/mol. The van der Waals surface area contributed by atoms with Gasteiger partial charge in [0.05, 0.1) is 0 Å². The van der Waals surface area contributed by atoms with Crippen molar-refractivity contribution >= 4 is 11.8 Å². The normalized spacial score (nSPS) is 24.2. The summed E-state index contributed by atoms with van der Waals surface area (Å²) in [4.78, 5) is 30.8. The molecule has 0 spiro atoms. The number of carbonyl (C=O) groups excluding carboxylic acids is 2. The van der Waals surface area contributed by atoms with Crippen molar-refractivity contribution in [1.82, 2.24) is 15.2 Å². The van der Waals surface area contributed by atoms with Crippen LogP contribution in [0.2, 0.25) is 0 Å². The van der Waals surface area contributed by atoms with Gasteiger partial charge in [0.15, 0.2) is 0 Å². The summed E-state index contributed by atoms with van der Waals surface area (Å²) in [5.74, 6) is 2.29. The number of rotatable bonds is 8. The summed E-state index contributed by atoms with van der Waals surface area (Å²) in [6.45, 7) is 7.96. The van der Waals surface area contributed by atoms with Gasteiger partial charge in [0.1, 0.15) is 0 Å². The molecule has 3 rings (SSSR count). The molecule has 0 aromatic carbocycles. The molecule has 0 bridgehead atoms. The van der Waals surface area contributed by atoms with Crippen molar-refractivity contribution in [2.24, 2.45) is 29.6 Å². The van der Waals surface area contributed by atoms with Gasteiger partial charge in [-0.2, -0.15) is 0 Å². The number of aromatic nitrogens is 1. The molecule has 2 amide bonds. The number of hydrogen-bond acceptors (Lipinski definition) is 3. The van der Waals surface area contributed by atoms with Crippen LogP contribution in [0.15, 0.2) is 36.2 Å². The quantitative estimate of drug-likeness (QED) is 0.679. The molecule has 1 fully saturated rings. The Morgan fingerprint density at radius 3 is 2.69 bits per heavy atom.